The zero-order chi connectivity index (χ0) is 17.4. The van der Waals surface area contributed by atoms with Crippen LogP contribution in [0.3, 0.4) is 0 Å². The smallest absolute Gasteiger partial charge is 0.266 e. The minimum atomic E-state index is -0.372. The van der Waals surface area contributed by atoms with Crippen molar-refractivity contribution in [3.05, 3.63) is 64.3 Å². The van der Waals surface area contributed by atoms with Crippen molar-refractivity contribution in [1.29, 1.82) is 0 Å². The topological polar surface area (TPSA) is 38.8 Å². The molecule has 2 aromatic rings. The first kappa shape index (κ1) is 16.1. The molecule has 4 nitrogen and oxygen atoms in total. The van der Waals surface area contributed by atoms with Crippen molar-refractivity contribution in [2.45, 2.75) is 6.54 Å². The summed E-state index contributed by atoms with van der Waals surface area (Å²) in [6.45, 7) is 0.529. The Balaban J connectivity index is 1.56. The van der Waals surface area contributed by atoms with Crippen molar-refractivity contribution in [3.63, 3.8) is 0 Å². The molecule has 1 saturated heterocycles. The number of rotatable bonds is 3. The molecule has 7 heteroatoms. The van der Waals surface area contributed by atoms with Gasteiger partial charge in [0.05, 0.1) is 11.4 Å². The first-order chi connectivity index (χ1) is 12.1. The van der Waals surface area contributed by atoms with Gasteiger partial charge in [-0.05, 0) is 29.8 Å². The molecule has 25 heavy (non-hydrogen) atoms. The summed E-state index contributed by atoms with van der Waals surface area (Å²) in [6, 6.07) is 11.8. The Morgan fingerprint density at radius 2 is 2.00 bits per heavy atom. The van der Waals surface area contributed by atoms with Crippen molar-refractivity contribution in [3.8, 4) is 11.5 Å². The van der Waals surface area contributed by atoms with Crippen LogP contribution in [0.1, 0.15) is 11.1 Å². The maximum Gasteiger partial charge on any atom is 0.266 e. The molecule has 4 rings (SSSR count). The molecule has 2 heterocycles. The van der Waals surface area contributed by atoms with Crippen molar-refractivity contribution in [2.75, 3.05) is 6.79 Å². The van der Waals surface area contributed by atoms with Gasteiger partial charge in [-0.15, -0.1) is 0 Å². The van der Waals surface area contributed by atoms with Gasteiger partial charge in [0, 0.05) is 5.56 Å². The molecular formula is C18H12FNO3S2. The number of hydrogen-bond acceptors (Lipinski definition) is 5. The third kappa shape index (κ3) is 3.12. The number of thioether (sulfide) groups is 1. The lowest BCUT2D eigenvalue weighted by Crippen LogP contribution is -2.27. The van der Waals surface area contributed by atoms with E-state index < -0.39 is 0 Å². The van der Waals surface area contributed by atoms with E-state index in [0.29, 0.717) is 32.8 Å². The van der Waals surface area contributed by atoms with E-state index in [1.165, 1.54) is 28.8 Å². The van der Waals surface area contributed by atoms with E-state index in [-0.39, 0.29) is 18.5 Å². The summed E-state index contributed by atoms with van der Waals surface area (Å²) >= 11 is 6.50. The van der Waals surface area contributed by atoms with Gasteiger partial charge in [-0.25, -0.2) is 4.39 Å². The van der Waals surface area contributed by atoms with Crippen LogP contribution in [-0.4, -0.2) is 21.9 Å². The molecule has 1 amide bonds. The van der Waals surface area contributed by atoms with Crippen molar-refractivity contribution < 1.29 is 18.7 Å². The maximum absolute atomic E-state index is 13.8. The number of hydrogen-bond donors (Lipinski definition) is 0. The Labute approximate surface area is 153 Å². The Hall–Kier alpha value is -2.38. The molecule has 0 aliphatic carbocycles. The van der Waals surface area contributed by atoms with Crippen LogP contribution in [-0.2, 0) is 11.3 Å². The van der Waals surface area contributed by atoms with Crippen LogP contribution in [0.2, 0.25) is 0 Å². The number of nitrogens with zero attached hydrogens (tertiary/aromatic N) is 1. The molecule has 2 aromatic carbocycles. The highest BCUT2D eigenvalue weighted by atomic mass is 32.2. The molecule has 0 N–H and O–H groups in total. The van der Waals surface area contributed by atoms with Gasteiger partial charge in [-0.3, -0.25) is 9.69 Å². The van der Waals surface area contributed by atoms with Crippen LogP contribution in [0.25, 0.3) is 6.08 Å². The number of halogens is 1. The minimum absolute atomic E-state index is 0.200. The van der Waals surface area contributed by atoms with Gasteiger partial charge in [-0.1, -0.05) is 48.2 Å². The maximum atomic E-state index is 13.8. The summed E-state index contributed by atoms with van der Waals surface area (Å²) in [5.41, 5.74) is 1.25. The molecule has 0 atom stereocenters. The third-order valence-electron chi connectivity index (χ3n) is 3.84. The zero-order valence-electron chi connectivity index (χ0n) is 12.9. The fourth-order valence-corrected chi connectivity index (χ4v) is 3.84. The number of thiocarbonyl (C=S) groups is 1. The summed E-state index contributed by atoms with van der Waals surface area (Å²) in [4.78, 5) is 14.6. The first-order valence-corrected chi connectivity index (χ1v) is 8.73. The van der Waals surface area contributed by atoms with E-state index in [4.69, 9.17) is 21.7 Å². The summed E-state index contributed by atoms with van der Waals surface area (Å²) in [5.74, 6) is 0.748. The van der Waals surface area contributed by atoms with E-state index in [0.717, 1.165) is 5.56 Å². The molecule has 0 radical (unpaired) electrons. The summed E-state index contributed by atoms with van der Waals surface area (Å²) in [5, 5.41) is 0. The highest BCUT2D eigenvalue weighted by Crippen LogP contribution is 2.36. The van der Waals surface area contributed by atoms with Crippen molar-refractivity contribution in [1.82, 2.24) is 4.90 Å². The number of carbonyl (C=O) groups excluding carboxylic acids is 1. The highest BCUT2D eigenvalue weighted by Gasteiger charge is 2.32. The molecule has 0 unspecified atom stereocenters. The molecule has 0 aromatic heterocycles. The Bertz CT molecular complexity index is 913. The average molecular weight is 373 g/mol. The van der Waals surface area contributed by atoms with Gasteiger partial charge in [-0.2, -0.15) is 0 Å². The second-order valence-corrected chi connectivity index (χ2v) is 7.15. The SMILES string of the molecule is O=C1C(=Cc2ccccc2F)SC(=S)N1Cc1ccc2c(c1)OCO2. The summed E-state index contributed by atoms with van der Waals surface area (Å²) < 4.78 is 24.9. The molecule has 0 saturated carbocycles. The van der Waals surface area contributed by atoms with E-state index >= 15 is 0 Å². The lowest BCUT2D eigenvalue weighted by molar-refractivity contribution is -0.122. The fraction of sp³-hybridized carbons (Fsp3) is 0.111. The largest absolute Gasteiger partial charge is 0.454 e. The van der Waals surface area contributed by atoms with Gasteiger partial charge in [0.1, 0.15) is 10.1 Å². The van der Waals surface area contributed by atoms with Crippen molar-refractivity contribution in [2.24, 2.45) is 0 Å². The van der Waals surface area contributed by atoms with E-state index in [1.807, 2.05) is 18.2 Å². The molecule has 0 spiro atoms. The summed E-state index contributed by atoms with van der Waals surface area (Å²) in [7, 11) is 0. The highest BCUT2D eigenvalue weighted by molar-refractivity contribution is 8.26. The predicted octanol–water partition coefficient (Wildman–Crippen LogP) is 3.96. The first-order valence-electron chi connectivity index (χ1n) is 7.50. The Morgan fingerprint density at radius 3 is 2.84 bits per heavy atom. The average Bonchev–Trinajstić information content (AvgIpc) is 3.17. The van der Waals surface area contributed by atoms with E-state index in [9.17, 15) is 9.18 Å². The van der Waals surface area contributed by atoms with Crippen LogP contribution in [0.15, 0.2) is 47.4 Å². The lowest BCUT2D eigenvalue weighted by atomic mass is 10.1. The van der Waals surface area contributed by atoms with Gasteiger partial charge in [0.25, 0.3) is 5.91 Å². The number of ether oxygens (including phenoxy) is 2. The Kier molecular flexibility index (Phi) is 4.19. The van der Waals surface area contributed by atoms with Crippen LogP contribution in [0, 0.1) is 5.82 Å². The normalized spacial score (nSPS) is 17.6. The molecule has 1 fully saturated rings. The molecular weight excluding hydrogens is 361 g/mol. The van der Waals surface area contributed by atoms with Crippen LogP contribution >= 0.6 is 24.0 Å². The number of amides is 1. The zero-order valence-corrected chi connectivity index (χ0v) is 14.5. The van der Waals surface area contributed by atoms with Crippen LogP contribution in [0.5, 0.6) is 11.5 Å². The predicted molar refractivity (Wildman–Crippen MR) is 97.7 cm³/mol. The van der Waals surface area contributed by atoms with Gasteiger partial charge < -0.3 is 9.47 Å². The van der Waals surface area contributed by atoms with Gasteiger partial charge in [0.2, 0.25) is 6.79 Å². The molecule has 0 bridgehead atoms. The van der Waals surface area contributed by atoms with Crippen molar-refractivity contribution >= 4 is 40.3 Å². The van der Waals surface area contributed by atoms with Gasteiger partial charge >= 0.3 is 0 Å². The third-order valence-corrected chi connectivity index (χ3v) is 5.22. The lowest BCUT2D eigenvalue weighted by Gasteiger charge is -2.14. The number of benzene rings is 2. The minimum Gasteiger partial charge on any atom is -0.454 e. The molecule has 2 aliphatic heterocycles. The number of fused-ring (bicyclic) bond motifs is 1. The quantitative estimate of drug-likeness (QED) is 0.602. The number of carbonyl (C=O) groups is 1. The fourth-order valence-electron chi connectivity index (χ4n) is 2.59. The van der Waals surface area contributed by atoms with Gasteiger partial charge in [0.15, 0.2) is 11.5 Å². The molecule has 2 aliphatic rings. The van der Waals surface area contributed by atoms with Crippen LogP contribution in [0.4, 0.5) is 4.39 Å². The second-order valence-electron chi connectivity index (χ2n) is 5.48. The molecule has 126 valence electrons. The summed E-state index contributed by atoms with van der Waals surface area (Å²) in [6.07, 6.45) is 1.54. The van der Waals surface area contributed by atoms with E-state index in [2.05, 4.69) is 0 Å². The van der Waals surface area contributed by atoms with E-state index in [1.54, 1.807) is 18.2 Å². The second kappa shape index (κ2) is 6.50. The Morgan fingerprint density at radius 1 is 1.20 bits per heavy atom. The standard InChI is InChI=1S/C18H12FNO3S2/c19-13-4-2-1-3-12(13)8-16-17(21)20(18(24)25-16)9-11-5-6-14-15(7-11)23-10-22-14/h1-8H,9-10H2. The van der Waals surface area contributed by atoms with Crippen LogP contribution < -0.4 is 9.47 Å². The monoisotopic (exact) mass is 373 g/mol.